The first kappa shape index (κ1) is 23.9. The van der Waals surface area contributed by atoms with Gasteiger partial charge in [0.15, 0.2) is 0 Å². The van der Waals surface area contributed by atoms with Crippen molar-refractivity contribution in [2.24, 2.45) is 7.05 Å². The van der Waals surface area contributed by atoms with Crippen LogP contribution in [-0.4, -0.2) is 57.2 Å². The molecule has 4 heterocycles. The van der Waals surface area contributed by atoms with E-state index >= 15 is 0 Å². The maximum absolute atomic E-state index is 12.9. The van der Waals surface area contributed by atoms with Crippen LogP contribution in [0.15, 0.2) is 66.1 Å². The summed E-state index contributed by atoms with van der Waals surface area (Å²) < 4.78 is 35.9. The lowest BCUT2D eigenvalue weighted by Gasteiger charge is -2.38. The zero-order valence-corrected chi connectivity index (χ0v) is 21.1. The SMILES string of the molecule is Cc1cccc(C)c1-c1cc(OC2CN(Cc3ccncc3)C2)nc(NS(=O)(=O)c2cnn(C)c2)n1. The third-order valence-electron chi connectivity index (χ3n) is 6.02. The van der Waals surface area contributed by atoms with Crippen LogP contribution < -0.4 is 9.46 Å². The topological polar surface area (TPSA) is 115 Å². The molecule has 5 rings (SSSR count). The molecule has 1 saturated heterocycles. The molecule has 1 fully saturated rings. The smallest absolute Gasteiger partial charge is 0.267 e. The zero-order valence-electron chi connectivity index (χ0n) is 20.3. The fraction of sp³-hybridized carbons (Fsp3) is 0.280. The number of sulfonamides is 1. The summed E-state index contributed by atoms with van der Waals surface area (Å²) in [6.45, 7) is 6.28. The van der Waals surface area contributed by atoms with Crippen molar-refractivity contribution in [1.29, 1.82) is 0 Å². The van der Waals surface area contributed by atoms with E-state index in [-0.39, 0.29) is 16.9 Å². The predicted octanol–water partition coefficient (Wildman–Crippen LogP) is 2.95. The minimum Gasteiger partial charge on any atom is -0.471 e. The molecule has 0 bridgehead atoms. The number of anilines is 1. The maximum Gasteiger partial charge on any atom is 0.267 e. The lowest BCUT2D eigenvalue weighted by Crippen LogP contribution is -2.53. The average molecular weight is 506 g/mol. The number of rotatable bonds is 8. The summed E-state index contributed by atoms with van der Waals surface area (Å²) in [7, 11) is -2.27. The Morgan fingerprint density at radius 2 is 1.81 bits per heavy atom. The van der Waals surface area contributed by atoms with Gasteiger partial charge in [0, 0.05) is 56.9 Å². The monoisotopic (exact) mass is 505 g/mol. The summed E-state index contributed by atoms with van der Waals surface area (Å²) >= 11 is 0. The van der Waals surface area contributed by atoms with Crippen LogP contribution in [0.1, 0.15) is 16.7 Å². The highest BCUT2D eigenvalue weighted by Crippen LogP contribution is 2.30. The number of pyridine rings is 1. The summed E-state index contributed by atoms with van der Waals surface area (Å²) in [5, 5.41) is 3.95. The summed E-state index contributed by atoms with van der Waals surface area (Å²) in [6, 6.07) is 11.7. The van der Waals surface area contributed by atoms with Gasteiger partial charge in [0.25, 0.3) is 10.0 Å². The van der Waals surface area contributed by atoms with Crippen molar-refractivity contribution in [3.63, 3.8) is 0 Å². The van der Waals surface area contributed by atoms with E-state index in [0.29, 0.717) is 11.6 Å². The van der Waals surface area contributed by atoms with Gasteiger partial charge >= 0.3 is 0 Å². The third-order valence-corrected chi connectivity index (χ3v) is 7.31. The molecule has 3 aromatic heterocycles. The van der Waals surface area contributed by atoms with E-state index in [4.69, 9.17) is 4.74 Å². The summed E-state index contributed by atoms with van der Waals surface area (Å²) in [5.41, 5.74) is 4.74. The molecule has 1 N–H and O–H groups in total. The van der Waals surface area contributed by atoms with Gasteiger partial charge in [0.05, 0.1) is 11.9 Å². The first-order valence-electron chi connectivity index (χ1n) is 11.5. The maximum atomic E-state index is 12.9. The van der Waals surface area contributed by atoms with Gasteiger partial charge in [0.1, 0.15) is 11.0 Å². The number of nitrogens with one attached hydrogen (secondary N) is 1. The van der Waals surface area contributed by atoms with Crippen LogP contribution in [-0.2, 0) is 23.6 Å². The summed E-state index contributed by atoms with van der Waals surface area (Å²) in [5.74, 6) is 0.266. The van der Waals surface area contributed by atoms with Gasteiger partial charge in [-0.3, -0.25) is 14.6 Å². The van der Waals surface area contributed by atoms with Crippen molar-refractivity contribution >= 4 is 16.0 Å². The van der Waals surface area contributed by atoms with E-state index in [1.165, 1.54) is 22.6 Å². The molecular weight excluding hydrogens is 478 g/mol. The summed E-state index contributed by atoms with van der Waals surface area (Å²) in [4.78, 5) is 15.3. The Balaban J connectivity index is 1.40. The molecule has 0 aliphatic carbocycles. The molecule has 1 aliphatic rings. The van der Waals surface area contributed by atoms with E-state index in [0.717, 1.165) is 36.3 Å². The third kappa shape index (κ3) is 5.21. The van der Waals surface area contributed by atoms with Crippen molar-refractivity contribution in [3.05, 3.63) is 77.9 Å². The normalized spacial score (nSPS) is 14.4. The zero-order chi connectivity index (χ0) is 25.3. The van der Waals surface area contributed by atoms with Crippen LogP contribution >= 0.6 is 0 Å². The number of benzene rings is 1. The molecule has 0 radical (unpaired) electrons. The fourth-order valence-electron chi connectivity index (χ4n) is 4.24. The van der Waals surface area contributed by atoms with Gasteiger partial charge in [-0.25, -0.2) is 18.1 Å². The molecule has 0 amide bonds. The number of hydrogen-bond donors (Lipinski definition) is 1. The lowest BCUT2D eigenvalue weighted by molar-refractivity contribution is 0.0119. The molecule has 1 aromatic carbocycles. The van der Waals surface area contributed by atoms with Gasteiger partial charge in [-0.05, 0) is 42.7 Å². The number of hydrogen-bond acceptors (Lipinski definition) is 8. The fourth-order valence-corrected chi connectivity index (χ4v) is 5.16. The minimum atomic E-state index is -3.92. The second-order valence-corrected chi connectivity index (χ2v) is 10.6. The quantitative estimate of drug-likeness (QED) is 0.389. The van der Waals surface area contributed by atoms with Crippen molar-refractivity contribution < 1.29 is 13.2 Å². The lowest BCUT2D eigenvalue weighted by atomic mass is 10.00. The molecular formula is C25H27N7O3S. The highest BCUT2D eigenvalue weighted by atomic mass is 32.2. The van der Waals surface area contributed by atoms with Crippen LogP contribution in [0.5, 0.6) is 5.88 Å². The van der Waals surface area contributed by atoms with Gasteiger partial charge in [0.2, 0.25) is 11.8 Å². The van der Waals surface area contributed by atoms with Crippen molar-refractivity contribution in [2.45, 2.75) is 31.4 Å². The highest BCUT2D eigenvalue weighted by molar-refractivity contribution is 7.92. The number of aryl methyl sites for hydroxylation is 3. The van der Waals surface area contributed by atoms with E-state index in [1.54, 1.807) is 25.5 Å². The molecule has 186 valence electrons. The van der Waals surface area contributed by atoms with Gasteiger partial charge in [-0.15, -0.1) is 0 Å². The van der Waals surface area contributed by atoms with E-state index in [2.05, 4.69) is 29.7 Å². The molecule has 0 spiro atoms. The highest BCUT2D eigenvalue weighted by Gasteiger charge is 2.29. The van der Waals surface area contributed by atoms with Crippen molar-refractivity contribution in [3.8, 4) is 17.1 Å². The Kier molecular flexibility index (Phi) is 6.42. The van der Waals surface area contributed by atoms with Gasteiger partial charge in [-0.2, -0.15) is 10.1 Å². The molecule has 0 saturated carbocycles. The first-order chi connectivity index (χ1) is 17.3. The molecule has 4 aromatic rings. The van der Waals surface area contributed by atoms with Crippen LogP contribution in [0.3, 0.4) is 0 Å². The number of likely N-dealkylation sites (tertiary alicyclic amines) is 1. The van der Waals surface area contributed by atoms with E-state index in [1.807, 2.05) is 44.2 Å². The number of aromatic nitrogens is 5. The summed E-state index contributed by atoms with van der Waals surface area (Å²) in [6.07, 6.45) is 6.21. The molecule has 36 heavy (non-hydrogen) atoms. The Bertz CT molecular complexity index is 1460. The standard InChI is InChI=1S/C25H27N7O3S/c1-17-5-4-6-18(2)24(17)22-11-23(35-20-14-32(15-20)13-19-7-9-26-10-8-19)29-25(28-22)30-36(33,34)21-12-27-31(3)16-21/h4-12,16,20H,13-15H2,1-3H3,(H,28,29,30). The number of ether oxygens (including phenoxy) is 1. The molecule has 11 heteroatoms. The van der Waals surface area contributed by atoms with Crippen molar-refractivity contribution in [1.82, 2.24) is 29.6 Å². The Hall–Kier alpha value is -3.83. The second-order valence-electron chi connectivity index (χ2n) is 8.93. The van der Waals surface area contributed by atoms with Crippen LogP contribution in [0.2, 0.25) is 0 Å². The van der Waals surface area contributed by atoms with Gasteiger partial charge < -0.3 is 4.74 Å². The number of nitrogens with zero attached hydrogens (tertiary/aromatic N) is 6. The molecule has 10 nitrogen and oxygen atoms in total. The molecule has 0 unspecified atom stereocenters. The van der Waals surface area contributed by atoms with Gasteiger partial charge in [-0.1, -0.05) is 18.2 Å². The van der Waals surface area contributed by atoms with E-state index < -0.39 is 10.0 Å². The molecule has 1 aliphatic heterocycles. The van der Waals surface area contributed by atoms with Crippen molar-refractivity contribution in [2.75, 3.05) is 17.8 Å². The van der Waals surface area contributed by atoms with Crippen LogP contribution in [0, 0.1) is 13.8 Å². The average Bonchev–Trinajstić information content (AvgIpc) is 3.25. The van der Waals surface area contributed by atoms with Crippen LogP contribution in [0.25, 0.3) is 11.3 Å². The Labute approximate surface area is 210 Å². The Morgan fingerprint density at radius 3 is 2.47 bits per heavy atom. The second kappa shape index (κ2) is 9.67. The van der Waals surface area contributed by atoms with E-state index in [9.17, 15) is 8.42 Å². The van der Waals surface area contributed by atoms with Crippen LogP contribution in [0.4, 0.5) is 5.95 Å². The predicted molar refractivity (Wildman–Crippen MR) is 135 cm³/mol. The molecule has 0 atom stereocenters. The Morgan fingerprint density at radius 1 is 1.08 bits per heavy atom. The largest absolute Gasteiger partial charge is 0.471 e. The minimum absolute atomic E-state index is 0.0271. The first-order valence-corrected chi connectivity index (χ1v) is 13.0.